The van der Waals surface area contributed by atoms with Crippen LogP contribution in [0.4, 0.5) is 4.39 Å². The molecule has 1 amide bonds. The summed E-state index contributed by atoms with van der Waals surface area (Å²) >= 11 is 0. The lowest BCUT2D eigenvalue weighted by Crippen LogP contribution is -2.42. The van der Waals surface area contributed by atoms with Gasteiger partial charge in [0.05, 0.1) is 12.1 Å². The number of rotatable bonds is 6. The number of benzene rings is 2. The van der Waals surface area contributed by atoms with E-state index >= 15 is 0 Å². The lowest BCUT2D eigenvalue weighted by atomic mass is 10.0. The highest BCUT2D eigenvalue weighted by molar-refractivity contribution is 5.83. The minimum absolute atomic E-state index is 0.0380. The van der Waals surface area contributed by atoms with E-state index in [4.69, 9.17) is 0 Å². The maximum Gasteiger partial charge on any atom is 0.224 e. The van der Waals surface area contributed by atoms with E-state index < -0.39 is 6.10 Å². The van der Waals surface area contributed by atoms with Crippen molar-refractivity contribution in [2.24, 2.45) is 5.92 Å². The molecule has 1 fully saturated rings. The first kappa shape index (κ1) is 16.7. The number of carbonyl (C=O) groups excluding carboxylic acids is 1. The van der Waals surface area contributed by atoms with Gasteiger partial charge in [0.1, 0.15) is 5.82 Å². The molecule has 1 aliphatic carbocycles. The van der Waals surface area contributed by atoms with Crippen molar-refractivity contribution in [2.45, 2.75) is 37.8 Å². The molecule has 4 heteroatoms. The lowest BCUT2D eigenvalue weighted by molar-refractivity contribution is -0.123. The maximum atomic E-state index is 13.0. The number of carbonyl (C=O) groups is 1. The monoisotopic (exact) mass is 327 g/mol. The van der Waals surface area contributed by atoms with Crippen LogP contribution in [0.1, 0.15) is 30.4 Å². The number of amides is 1. The summed E-state index contributed by atoms with van der Waals surface area (Å²) in [6, 6.07) is 15.7. The number of aliphatic hydroxyl groups is 1. The molecular formula is C20H22FNO2. The van der Waals surface area contributed by atoms with Crippen LogP contribution in [0.2, 0.25) is 0 Å². The Morgan fingerprint density at radius 1 is 1.21 bits per heavy atom. The molecule has 126 valence electrons. The zero-order valence-electron chi connectivity index (χ0n) is 13.7. The molecule has 0 aliphatic heterocycles. The van der Waals surface area contributed by atoms with Gasteiger partial charge in [0.15, 0.2) is 0 Å². The third kappa shape index (κ3) is 4.01. The van der Waals surface area contributed by atoms with E-state index in [9.17, 15) is 14.3 Å². The van der Waals surface area contributed by atoms with Gasteiger partial charge < -0.3 is 10.4 Å². The number of aliphatic hydroxyl groups excluding tert-OH is 1. The summed E-state index contributed by atoms with van der Waals surface area (Å²) in [6.45, 7) is 1.82. The Labute approximate surface area is 141 Å². The third-order valence-corrected chi connectivity index (χ3v) is 4.66. The van der Waals surface area contributed by atoms with Crippen LogP contribution in [0.3, 0.4) is 0 Å². The Morgan fingerprint density at radius 3 is 2.54 bits per heavy atom. The molecule has 0 bridgehead atoms. The van der Waals surface area contributed by atoms with E-state index in [1.54, 1.807) is 12.1 Å². The van der Waals surface area contributed by atoms with Gasteiger partial charge in [0, 0.05) is 12.3 Å². The molecular weight excluding hydrogens is 305 g/mol. The Kier molecular flexibility index (Phi) is 4.95. The largest absolute Gasteiger partial charge is 0.391 e. The van der Waals surface area contributed by atoms with Crippen LogP contribution in [0, 0.1) is 11.7 Å². The standard InChI is InChI=1S/C20H22FNO2/c1-13(19(23)11-14-5-3-2-4-6-14)22-20(24)18-12-17(18)15-7-9-16(21)10-8-15/h2-10,13,17-19,23H,11-12H2,1H3,(H,22,24)/t13-,17+,18+,19-/m0/s1. The normalized spacial score (nSPS) is 21.8. The van der Waals surface area contributed by atoms with Gasteiger partial charge in [0.2, 0.25) is 5.91 Å². The second kappa shape index (κ2) is 7.14. The molecule has 24 heavy (non-hydrogen) atoms. The Balaban J connectivity index is 1.51. The summed E-state index contributed by atoms with van der Waals surface area (Å²) in [5.41, 5.74) is 2.04. The van der Waals surface area contributed by atoms with Crippen LogP contribution in [-0.4, -0.2) is 23.2 Å². The van der Waals surface area contributed by atoms with E-state index in [2.05, 4.69) is 5.32 Å². The van der Waals surface area contributed by atoms with Crippen LogP contribution in [0.25, 0.3) is 0 Å². The molecule has 1 saturated carbocycles. The van der Waals surface area contributed by atoms with Crippen LogP contribution in [-0.2, 0) is 11.2 Å². The Morgan fingerprint density at radius 2 is 1.88 bits per heavy atom. The first-order valence-corrected chi connectivity index (χ1v) is 8.32. The number of hydrogen-bond acceptors (Lipinski definition) is 2. The summed E-state index contributed by atoms with van der Waals surface area (Å²) in [5.74, 6) is -0.229. The topological polar surface area (TPSA) is 49.3 Å². The number of nitrogens with one attached hydrogen (secondary N) is 1. The SMILES string of the molecule is C[C@H](NC(=O)[C@@H]1C[C@@H]1c1ccc(F)cc1)[C@@H](O)Cc1ccccc1. The number of halogens is 1. The van der Waals surface area contributed by atoms with Gasteiger partial charge in [-0.2, -0.15) is 0 Å². The summed E-state index contributed by atoms with van der Waals surface area (Å²) in [4.78, 5) is 12.3. The second-order valence-electron chi connectivity index (χ2n) is 6.55. The fourth-order valence-electron chi connectivity index (χ4n) is 3.02. The summed E-state index contributed by atoms with van der Waals surface area (Å²) < 4.78 is 13.0. The average Bonchev–Trinajstić information content (AvgIpc) is 3.37. The van der Waals surface area contributed by atoms with Crippen molar-refractivity contribution in [2.75, 3.05) is 0 Å². The minimum Gasteiger partial charge on any atom is -0.391 e. The van der Waals surface area contributed by atoms with Crippen molar-refractivity contribution in [3.8, 4) is 0 Å². The van der Waals surface area contributed by atoms with Crippen molar-refractivity contribution in [1.29, 1.82) is 0 Å². The van der Waals surface area contributed by atoms with Crippen LogP contribution < -0.4 is 5.32 Å². The molecule has 0 saturated heterocycles. The summed E-state index contributed by atoms with van der Waals surface area (Å²) in [7, 11) is 0. The minimum atomic E-state index is -0.626. The highest BCUT2D eigenvalue weighted by Crippen LogP contribution is 2.47. The lowest BCUT2D eigenvalue weighted by Gasteiger charge is -2.20. The van der Waals surface area contributed by atoms with E-state index in [0.29, 0.717) is 6.42 Å². The van der Waals surface area contributed by atoms with E-state index in [1.807, 2.05) is 37.3 Å². The quantitative estimate of drug-likeness (QED) is 0.857. The zero-order chi connectivity index (χ0) is 17.1. The summed E-state index contributed by atoms with van der Waals surface area (Å²) in [5, 5.41) is 13.2. The molecule has 0 unspecified atom stereocenters. The smallest absolute Gasteiger partial charge is 0.224 e. The van der Waals surface area contributed by atoms with Gasteiger partial charge in [-0.25, -0.2) is 4.39 Å². The molecule has 3 rings (SSSR count). The highest BCUT2D eigenvalue weighted by atomic mass is 19.1. The van der Waals surface area contributed by atoms with E-state index in [1.165, 1.54) is 12.1 Å². The van der Waals surface area contributed by atoms with Crippen LogP contribution >= 0.6 is 0 Å². The molecule has 0 aromatic heterocycles. The van der Waals surface area contributed by atoms with Crippen LogP contribution in [0.15, 0.2) is 54.6 Å². The molecule has 0 spiro atoms. The molecule has 0 heterocycles. The molecule has 1 aliphatic rings. The van der Waals surface area contributed by atoms with Crippen LogP contribution in [0.5, 0.6) is 0 Å². The molecule has 2 N–H and O–H groups in total. The third-order valence-electron chi connectivity index (χ3n) is 4.66. The fraction of sp³-hybridized carbons (Fsp3) is 0.350. The average molecular weight is 327 g/mol. The molecule has 4 atom stereocenters. The molecule has 3 nitrogen and oxygen atoms in total. The van der Waals surface area contributed by atoms with Gasteiger partial charge in [-0.05, 0) is 42.5 Å². The van der Waals surface area contributed by atoms with E-state index in [0.717, 1.165) is 17.5 Å². The summed E-state index contributed by atoms with van der Waals surface area (Å²) in [6.07, 6.45) is 0.659. The van der Waals surface area contributed by atoms with Gasteiger partial charge in [0.25, 0.3) is 0 Å². The fourth-order valence-corrected chi connectivity index (χ4v) is 3.02. The van der Waals surface area contributed by atoms with Gasteiger partial charge in [-0.15, -0.1) is 0 Å². The van der Waals surface area contributed by atoms with Gasteiger partial charge in [-0.1, -0.05) is 42.5 Å². The zero-order valence-corrected chi connectivity index (χ0v) is 13.7. The van der Waals surface area contributed by atoms with Crippen molar-refractivity contribution >= 4 is 5.91 Å². The van der Waals surface area contributed by atoms with Gasteiger partial charge in [-0.3, -0.25) is 4.79 Å². The first-order valence-electron chi connectivity index (χ1n) is 8.32. The van der Waals surface area contributed by atoms with Gasteiger partial charge >= 0.3 is 0 Å². The second-order valence-corrected chi connectivity index (χ2v) is 6.55. The Bertz CT molecular complexity index is 687. The maximum absolute atomic E-state index is 13.0. The first-order chi connectivity index (χ1) is 11.5. The molecule has 2 aromatic rings. The predicted octanol–water partition coefficient (Wildman–Crippen LogP) is 3.04. The molecule has 2 aromatic carbocycles. The van der Waals surface area contributed by atoms with Crippen molar-refractivity contribution in [1.82, 2.24) is 5.32 Å². The van der Waals surface area contributed by atoms with E-state index in [-0.39, 0.29) is 29.6 Å². The van der Waals surface area contributed by atoms with Crippen molar-refractivity contribution in [3.63, 3.8) is 0 Å². The highest BCUT2D eigenvalue weighted by Gasteiger charge is 2.44. The molecule has 0 radical (unpaired) electrons. The van der Waals surface area contributed by atoms with Crippen molar-refractivity contribution < 1.29 is 14.3 Å². The predicted molar refractivity (Wildman–Crippen MR) is 91.0 cm³/mol. The number of hydrogen-bond donors (Lipinski definition) is 2. The Hall–Kier alpha value is -2.20. The van der Waals surface area contributed by atoms with Crippen molar-refractivity contribution in [3.05, 3.63) is 71.5 Å².